The van der Waals surface area contributed by atoms with Gasteiger partial charge in [0.1, 0.15) is 5.82 Å². The molecule has 1 N–H and O–H groups in total. The second-order valence-corrected chi connectivity index (χ2v) is 5.53. The first-order chi connectivity index (χ1) is 9.11. The Labute approximate surface area is 125 Å². The van der Waals surface area contributed by atoms with Crippen molar-refractivity contribution >= 4 is 27.5 Å². The van der Waals surface area contributed by atoms with Crippen LogP contribution in [-0.4, -0.2) is 6.54 Å². The quantitative estimate of drug-likeness (QED) is 0.830. The monoisotopic (exact) mass is 341 g/mol. The Kier molecular flexibility index (Phi) is 4.97. The highest BCUT2D eigenvalue weighted by molar-refractivity contribution is 9.10. The summed E-state index contributed by atoms with van der Waals surface area (Å²) in [5, 5.41) is 4.06. The van der Waals surface area contributed by atoms with E-state index in [1.54, 1.807) is 12.1 Å². The van der Waals surface area contributed by atoms with Crippen LogP contribution in [0.15, 0.2) is 46.9 Å². The van der Waals surface area contributed by atoms with Crippen LogP contribution < -0.4 is 5.32 Å². The predicted molar refractivity (Wildman–Crippen MR) is 81.1 cm³/mol. The summed E-state index contributed by atoms with van der Waals surface area (Å²) >= 11 is 9.69. The fraction of sp³-hybridized carbons (Fsp3) is 0.200. The van der Waals surface area contributed by atoms with Crippen molar-refractivity contribution in [3.63, 3.8) is 0 Å². The zero-order valence-electron chi connectivity index (χ0n) is 10.5. The van der Waals surface area contributed by atoms with Gasteiger partial charge in [-0.3, -0.25) is 0 Å². The van der Waals surface area contributed by atoms with Crippen molar-refractivity contribution in [1.29, 1.82) is 0 Å². The Morgan fingerprint density at radius 1 is 1.21 bits per heavy atom. The molecule has 0 saturated heterocycles. The van der Waals surface area contributed by atoms with Crippen molar-refractivity contribution in [1.82, 2.24) is 5.32 Å². The van der Waals surface area contributed by atoms with Crippen LogP contribution >= 0.6 is 27.5 Å². The molecule has 0 radical (unpaired) electrons. The minimum Gasteiger partial charge on any atom is -0.306 e. The number of benzene rings is 2. The Balaban J connectivity index is 2.41. The van der Waals surface area contributed by atoms with E-state index in [4.69, 9.17) is 11.6 Å². The maximum absolute atomic E-state index is 13.0. The molecule has 4 heteroatoms. The van der Waals surface area contributed by atoms with E-state index in [9.17, 15) is 4.39 Å². The van der Waals surface area contributed by atoms with Gasteiger partial charge in [0.15, 0.2) is 0 Å². The van der Waals surface area contributed by atoms with Crippen molar-refractivity contribution in [2.24, 2.45) is 0 Å². The van der Waals surface area contributed by atoms with E-state index >= 15 is 0 Å². The molecule has 0 amide bonds. The molecule has 2 aromatic carbocycles. The smallest absolute Gasteiger partial charge is 0.123 e. The lowest BCUT2D eigenvalue weighted by Crippen LogP contribution is -2.22. The Morgan fingerprint density at radius 2 is 1.89 bits per heavy atom. The molecule has 0 saturated carbocycles. The highest BCUT2D eigenvalue weighted by atomic mass is 79.9. The summed E-state index contributed by atoms with van der Waals surface area (Å²) < 4.78 is 14.0. The highest BCUT2D eigenvalue weighted by Gasteiger charge is 2.16. The molecular weight excluding hydrogens is 329 g/mol. The maximum atomic E-state index is 13.0. The first-order valence-corrected chi connectivity index (χ1v) is 7.22. The first kappa shape index (κ1) is 14.5. The fourth-order valence-corrected chi connectivity index (χ4v) is 2.78. The molecule has 0 aliphatic heterocycles. The van der Waals surface area contributed by atoms with Gasteiger partial charge in [0.2, 0.25) is 0 Å². The van der Waals surface area contributed by atoms with Crippen LogP contribution in [0.2, 0.25) is 5.02 Å². The van der Waals surface area contributed by atoms with Gasteiger partial charge in [-0.1, -0.05) is 52.7 Å². The Bertz CT molecular complexity index is 557. The highest BCUT2D eigenvalue weighted by Crippen LogP contribution is 2.30. The van der Waals surface area contributed by atoms with E-state index in [2.05, 4.69) is 21.2 Å². The van der Waals surface area contributed by atoms with Crippen LogP contribution in [0.1, 0.15) is 24.1 Å². The summed E-state index contributed by atoms with van der Waals surface area (Å²) in [4.78, 5) is 0. The van der Waals surface area contributed by atoms with Gasteiger partial charge in [-0.25, -0.2) is 4.39 Å². The van der Waals surface area contributed by atoms with Crippen LogP contribution in [-0.2, 0) is 0 Å². The summed E-state index contributed by atoms with van der Waals surface area (Å²) in [6, 6.07) is 12.2. The summed E-state index contributed by atoms with van der Waals surface area (Å²) in [6.07, 6.45) is 0. The summed E-state index contributed by atoms with van der Waals surface area (Å²) in [7, 11) is 0. The molecule has 0 bridgehead atoms. The minimum atomic E-state index is -0.235. The molecule has 1 atom stereocenters. The molecule has 100 valence electrons. The van der Waals surface area contributed by atoms with Crippen molar-refractivity contribution < 1.29 is 4.39 Å². The molecule has 1 nitrogen and oxygen atoms in total. The van der Waals surface area contributed by atoms with Gasteiger partial charge in [-0.2, -0.15) is 0 Å². The standard InChI is InChI=1S/C15H14BrClFN/c1-2-19-15(10-3-6-12(18)7-4-10)13-8-5-11(16)9-14(13)17/h3-9,15,19H,2H2,1H3. The van der Waals surface area contributed by atoms with Gasteiger partial charge < -0.3 is 5.32 Å². The summed E-state index contributed by atoms with van der Waals surface area (Å²) in [5.74, 6) is -0.235. The summed E-state index contributed by atoms with van der Waals surface area (Å²) in [5.41, 5.74) is 1.98. The molecule has 19 heavy (non-hydrogen) atoms. The second-order valence-electron chi connectivity index (χ2n) is 4.21. The van der Waals surface area contributed by atoms with E-state index in [1.165, 1.54) is 12.1 Å². The maximum Gasteiger partial charge on any atom is 0.123 e. The van der Waals surface area contributed by atoms with Crippen LogP contribution in [0, 0.1) is 5.82 Å². The fourth-order valence-electron chi connectivity index (χ4n) is 2.00. The van der Waals surface area contributed by atoms with Gasteiger partial charge in [-0.05, 0) is 41.9 Å². The lowest BCUT2D eigenvalue weighted by Gasteiger charge is -2.20. The van der Waals surface area contributed by atoms with Crippen LogP contribution in [0.4, 0.5) is 4.39 Å². The summed E-state index contributed by atoms with van der Waals surface area (Å²) in [6.45, 7) is 2.83. The number of nitrogens with one attached hydrogen (secondary N) is 1. The third-order valence-electron chi connectivity index (χ3n) is 2.89. The van der Waals surface area contributed by atoms with Crippen molar-refractivity contribution in [3.8, 4) is 0 Å². The second kappa shape index (κ2) is 6.51. The number of hydrogen-bond acceptors (Lipinski definition) is 1. The van der Waals surface area contributed by atoms with Crippen molar-refractivity contribution in [3.05, 3.63) is 68.9 Å². The zero-order chi connectivity index (χ0) is 13.8. The first-order valence-electron chi connectivity index (χ1n) is 6.05. The third-order valence-corrected chi connectivity index (χ3v) is 3.71. The van der Waals surface area contributed by atoms with Gasteiger partial charge in [0.25, 0.3) is 0 Å². The molecule has 0 heterocycles. The lowest BCUT2D eigenvalue weighted by molar-refractivity contribution is 0.613. The molecule has 2 rings (SSSR count). The van der Waals surface area contributed by atoms with E-state index in [-0.39, 0.29) is 11.9 Å². The molecule has 0 spiro atoms. The Hall–Kier alpha value is -0.900. The van der Waals surface area contributed by atoms with Crippen molar-refractivity contribution in [2.45, 2.75) is 13.0 Å². The zero-order valence-corrected chi connectivity index (χ0v) is 12.8. The topological polar surface area (TPSA) is 12.0 Å². The molecular formula is C15H14BrClFN. The molecule has 1 unspecified atom stereocenters. The molecule has 0 aliphatic rings. The molecule has 0 fully saturated rings. The number of hydrogen-bond donors (Lipinski definition) is 1. The number of rotatable bonds is 4. The Morgan fingerprint density at radius 3 is 2.47 bits per heavy atom. The van der Waals surface area contributed by atoms with Gasteiger partial charge in [0, 0.05) is 9.50 Å². The van der Waals surface area contributed by atoms with Gasteiger partial charge in [0.05, 0.1) is 6.04 Å². The van der Waals surface area contributed by atoms with Crippen molar-refractivity contribution in [2.75, 3.05) is 6.54 Å². The lowest BCUT2D eigenvalue weighted by atomic mass is 9.98. The van der Waals surface area contributed by atoms with Crippen LogP contribution in [0.25, 0.3) is 0 Å². The average Bonchev–Trinajstić information content (AvgIpc) is 2.38. The normalized spacial score (nSPS) is 12.4. The van der Waals surface area contributed by atoms with E-state index in [0.717, 1.165) is 22.1 Å². The van der Waals surface area contributed by atoms with E-state index in [1.807, 2.05) is 25.1 Å². The van der Waals surface area contributed by atoms with Gasteiger partial charge in [-0.15, -0.1) is 0 Å². The average molecular weight is 343 g/mol. The SMILES string of the molecule is CCNC(c1ccc(F)cc1)c1ccc(Br)cc1Cl. The van der Waals surface area contributed by atoms with E-state index in [0.29, 0.717) is 5.02 Å². The molecule has 0 aliphatic carbocycles. The predicted octanol–water partition coefficient (Wildman–Crippen LogP) is 4.94. The minimum absolute atomic E-state index is 0.0359. The van der Waals surface area contributed by atoms with Crippen LogP contribution in [0.5, 0.6) is 0 Å². The molecule has 2 aromatic rings. The molecule has 0 aromatic heterocycles. The van der Waals surface area contributed by atoms with Gasteiger partial charge >= 0.3 is 0 Å². The third kappa shape index (κ3) is 3.56. The van der Waals surface area contributed by atoms with Crippen LogP contribution in [0.3, 0.4) is 0 Å². The number of halogens is 3. The van der Waals surface area contributed by atoms with E-state index < -0.39 is 0 Å². The largest absolute Gasteiger partial charge is 0.306 e.